The lowest BCUT2D eigenvalue weighted by molar-refractivity contribution is -0.134. The summed E-state index contributed by atoms with van der Waals surface area (Å²) in [7, 11) is 0. The van der Waals surface area contributed by atoms with Crippen molar-refractivity contribution in [2.75, 3.05) is 13.2 Å². The minimum Gasteiger partial charge on any atom is -0.469 e. The van der Waals surface area contributed by atoms with Crippen LogP contribution in [0.15, 0.2) is 27.8 Å². The van der Waals surface area contributed by atoms with E-state index in [2.05, 4.69) is 10.6 Å². The molecular weight excluding hydrogens is 326 g/mol. The zero-order valence-corrected chi connectivity index (χ0v) is 15.8. The van der Waals surface area contributed by atoms with Gasteiger partial charge in [-0.1, -0.05) is 19.3 Å². The van der Waals surface area contributed by atoms with E-state index in [9.17, 15) is 0 Å². The van der Waals surface area contributed by atoms with E-state index in [1.807, 2.05) is 12.1 Å². The van der Waals surface area contributed by atoms with Crippen molar-refractivity contribution in [3.8, 4) is 0 Å². The van der Waals surface area contributed by atoms with Crippen LogP contribution in [0.4, 0.5) is 0 Å². The lowest BCUT2D eigenvalue weighted by atomic mass is 9.74. The van der Waals surface area contributed by atoms with Crippen LogP contribution in [0, 0.1) is 0 Å². The van der Waals surface area contributed by atoms with Gasteiger partial charge in [0.15, 0.2) is 5.96 Å². The normalized spacial score (nSPS) is 26.5. The summed E-state index contributed by atoms with van der Waals surface area (Å²) < 4.78 is 11.5. The van der Waals surface area contributed by atoms with E-state index in [4.69, 9.17) is 14.1 Å². The van der Waals surface area contributed by atoms with E-state index >= 15 is 0 Å². The van der Waals surface area contributed by atoms with Crippen LogP contribution in [0.3, 0.4) is 0 Å². The van der Waals surface area contributed by atoms with Crippen LogP contribution in [-0.4, -0.2) is 36.8 Å². The molecule has 0 bridgehead atoms. The van der Waals surface area contributed by atoms with Crippen LogP contribution in [0.25, 0.3) is 0 Å². The molecule has 5 heteroatoms. The molecule has 3 aliphatic rings. The Kier molecular flexibility index (Phi) is 5.83. The highest BCUT2D eigenvalue weighted by molar-refractivity contribution is 5.80. The molecule has 3 fully saturated rings. The number of nitrogens with one attached hydrogen (secondary N) is 2. The molecule has 4 rings (SSSR count). The number of nitrogens with zero attached hydrogens (tertiary/aromatic N) is 1. The number of hydrogen-bond acceptors (Lipinski definition) is 3. The molecule has 1 atom stereocenters. The molecule has 2 heterocycles. The first-order valence-electron chi connectivity index (χ1n) is 10.6. The number of hydrogen-bond donors (Lipinski definition) is 2. The van der Waals surface area contributed by atoms with Gasteiger partial charge in [-0.25, -0.2) is 0 Å². The van der Waals surface area contributed by atoms with Gasteiger partial charge in [-0.05, 0) is 57.1 Å². The molecule has 1 aromatic heterocycles. The highest BCUT2D eigenvalue weighted by atomic mass is 16.5. The van der Waals surface area contributed by atoms with E-state index in [-0.39, 0.29) is 5.60 Å². The number of ether oxygens (including phenoxy) is 1. The van der Waals surface area contributed by atoms with E-state index in [1.165, 1.54) is 51.4 Å². The highest BCUT2D eigenvalue weighted by Gasteiger charge is 2.42. The van der Waals surface area contributed by atoms with Crippen molar-refractivity contribution in [2.24, 2.45) is 4.99 Å². The van der Waals surface area contributed by atoms with Crippen LogP contribution >= 0.6 is 0 Å². The Hall–Kier alpha value is -1.49. The number of rotatable bonds is 5. The molecule has 5 nitrogen and oxygen atoms in total. The summed E-state index contributed by atoms with van der Waals surface area (Å²) in [6.45, 7) is 1.63. The minimum atomic E-state index is 0.167. The van der Waals surface area contributed by atoms with E-state index in [0.717, 1.165) is 44.1 Å². The van der Waals surface area contributed by atoms with Gasteiger partial charge >= 0.3 is 0 Å². The Balaban J connectivity index is 1.35. The van der Waals surface area contributed by atoms with Crippen LogP contribution < -0.4 is 10.6 Å². The van der Waals surface area contributed by atoms with Crippen molar-refractivity contribution in [3.63, 3.8) is 0 Å². The average Bonchev–Trinajstić information content (AvgIpc) is 3.15. The predicted octanol–water partition coefficient (Wildman–Crippen LogP) is 3.79. The third kappa shape index (κ3) is 4.61. The molecule has 2 saturated carbocycles. The monoisotopic (exact) mass is 359 g/mol. The summed E-state index contributed by atoms with van der Waals surface area (Å²) in [4.78, 5) is 4.87. The van der Waals surface area contributed by atoms with Gasteiger partial charge in [0.2, 0.25) is 0 Å². The molecule has 144 valence electrons. The Morgan fingerprint density at radius 1 is 1.08 bits per heavy atom. The van der Waals surface area contributed by atoms with Crippen LogP contribution in [0.1, 0.15) is 70.0 Å². The zero-order chi connectivity index (χ0) is 17.7. The van der Waals surface area contributed by atoms with Crippen LogP contribution in [0.2, 0.25) is 0 Å². The molecule has 2 N–H and O–H groups in total. The number of furan rings is 1. The molecule has 0 radical (unpaired) electrons. The van der Waals surface area contributed by atoms with Crippen molar-refractivity contribution in [1.29, 1.82) is 0 Å². The van der Waals surface area contributed by atoms with Crippen molar-refractivity contribution in [2.45, 2.75) is 88.3 Å². The predicted molar refractivity (Wildman–Crippen MR) is 103 cm³/mol. The fourth-order valence-corrected chi connectivity index (χ4v) is 4.57. The van der Waals surface area contributed by atoms with Gasteiger partial charge in [0, 0.05) is 31.7 Å². The van der Waals surface area contributed by atoms with Gasteiger partial charge in [-0.3, -0.25) is 4.99 Å². The topological polar surface area (TPSA) is 58.8 Å². The second-order valence-electron chi connectivity index (χ2n) is 8.26. The molecule has 2 aliphatic carbocycles. The lowest BCUT2D eigenvalue weighted by Gasteiger charge is -2.47. The second kappa shape index (κ2) is 8.47. The van der Waals surface area contributed by atoms with Crippen molar-refractivity contribution in [3.05, 3.63) is 24.2 Å². The molecule has 1 spiro atoms. The van der Waals surface area contributed by atoms with E-state index < -0.39 is 0 Å². The average molecular weight is 360 g/mol. The molecule has 1 saturated heterocycles. The third-order valence-electron chi connectivity index (χ3n) is 6.25. The summed E-state index contributed by atoms with van der Waals surface area (Å²) >= 11 is 0. The fraction of sp³-hybridized carbons (Fsp3) is 0.762. The van der Waals surface area contributed by atoms with Gasteiger partial charge in [0.25, 0.3) is 0 Å². The van der Waals surface area contributed by atoms with E-state index in [0.29, 0.717) is 12.1 Å². The van der Waals surface area contributed by atoms with Crippen molar-refractivity contribution < 1.29 is 9.15 Å². The molecule has 1 aliphatic heterocycles. The maximum Gasteiger partial charge on any atom is 0.191 e. The molecule has 0 amide bonds. The largest absolute Gasteiger partial charge is 0.469 e. The standard InChI is InChI=1S/C21H33N3O2/c1-2-6-17(7-3-1)23-20(22-13-9-19-8-4-14-25-19)24-18-10-15-26-21(16-18)11-5-12-21/h4,8,14,17-18H,1-3,5-7,9-13,15-16H2,(H2,22,23,24). The van der Waals surface area contributed by atoms with Crippen molar-refractivity contribution in [1.82, 2.24) is 10.6 Å². The lowest BCUT2D eigenvalue weighted by Crippen LogP contribution is -2.55. The van der Waals surface area contributed by atoms with Gasteiger partial charge < -0.3 is 19.8 Å². The summed E-state index contributed by atoms with van der Waals surface area (Å²) in [5, 5.41) is 7.45. The zero-order valence-electron chi connectivity index (χ0n) is 15.8. The van der Waals surface area contributed by atoms with Gasteiger partial charge in [0.05, 0.1) is 11.9 Å². The third-order valence-corrected chi connectivity index (χ3v) is 6.25. The Morgan fingerprint density at radius 3 is 2.65 bits per heavy atom. The van der Waals surface area contributed by atoms with Gasteiger partial charge in [0.1, 0.15) is 5.76 Å². The first kappa shape index (κ1) is 17.9. The summed E-state index contributed by atoms with van der Waals surface area (Å²) in [5.74, 6) is 2.00. The molecule has 1 unspecified atom stereocenters. The summed E-state index contributed by atoms with van der Waals surface area (Å²) in [6.07, 6.45) is 15.1. The quantitative estimate of drug-likeness (QED) is 0.620. The maximum absolute atomic E-state index is 6.08. The Bertz CT molecular complexity index is 574. The molecule has 1 aromatic rings. The maximum atomic E-state index is 6.08. The molecule has 26 heavy (non-hydrogen) atoms. The van der Waals surface area contributed by atoms with Gasteiger partial charge in [-0.15, -0.1) is 0 Å². The molecular formula is C21H33N3O2. The van der Waals surface area contributed by atoms with Crippen LogP contribution in [-0.2, 0) is 11.2 Å². The van der Waals surface area contributed by atoms with Crippen LogP contribution in [0.5, 0.6) is 0 Å². The minimum absolute atomic E-state index is 0.167. The summed E-state index contributed by atoms with van der Waals surface area (Å²) in [5.41, 5.74) is 0.167. The summed E-state index contributed by atoms with van der Waals surface area (Å²) in [6, 6.07) is 5.01. The molecule has 0 aromatic carbocycles. The Labute approximate surface area is 157 Å². The highest BCUT2D eigenvalue weighted by Crippen LogP contribution is 2.42. The fourth-order valence-electron chi connectivity index (χ4n) is 4.57. The van der Waals surface area contributed by atoms with Gasteiger partial charge in [-0.2, -0.15) is 0 Å². The SMILES string of the molecule is c1coc(CCN=C(NC2CCCCC2)NC2CCOC3(CCC3)C2)c1. The second-order valence-corrected chi connectivity index (χ2v) is 8.26. The van der Waals surface area contributed by atoms with E-state index in [1.54, 1.807) is 6.26 Å². The van der Waals surface area contributed by atoms with Crippen molar-refractivity contribution >= 4 is 5.96 Å². The Morgan fingerprint density at radius 2 is 1.92 bits per heavy atom. The first-order chi connectivity index (χ1) is 12.8. The number of guanidine groups is 1. The first-order valence-corrected chi connectivity index (χ1v) is 10.6. The number of aliphatic imine (C=N–C) groups is 1. The smallest absolute Gasteiger partial charge is 0.191 e.